The van der Waals surface area contributed by atoms with Crippen molar-refractivity contribution in [3.63, 3.8) is 0 Å². The third-order valence-electron chi connectivity index (χ3n) is 1.11. The number of carbonyl (C=O) groups is 1. The number of aliphatic hydroxyl groups excluding tert-OH is 1. The molecule has 0 amide bonds. The van der Waals surface area contributed by atoms with Gasteiger partial charge in [-0.05, 0) is 36.1 Å². The second kappa shape index (κ2) is 11.3. The van der Waals surface area contributed by atoms with Crippen LogP contribution in [0.15, 0.2) is 22.7 Å². The van der Waals surface area contributed by atoms with Crippen molar-refractivity contribution in [2.45, 2.75) is 0 Å². The van der Waals surface area contributed by atoms with E-state index in [1.165, 1.54) is 12.1 Å². The number of rotatable bonds is 1. The molecule has 0 aliphatic rings. The maximum Gasteiger partial charge on any atom is 0.151 e. The SMILES string of the molecule is CNC.CO.O=Cc1cccc(F)c1Br. The summed E-state index contributed by atoms with van der Waals surface area (Å²) in [6.07, 6.45) is 0.604. The van der Waals surface area contributed by atoms with Gasteiger partial charge in [-0.15, -0.1) is 0 Å². The van der Waals surface area contributed by atoms with Gasteiger partial charge in [0.05, 0.1) is 4.47 Å². The zero-order valence-corrected chi connectivity index (χ0v) is 10.5. The van der Waals surface area contributed by atoms with Crippen molar-refractivity contribution in [3.05, 3.63) is 34.1 Å². The summed E-state index contributed by atoms with van der Waals surface area (Å²) in [6.45, 7) is 0. The second-order valence-electron chi connectivity index (χ2n) is 2.26. The van der Waals surface area contributed by atoms with E-state index < -0.39 is 5.82 Å². The number of carbonyl (C=O) groups excluding carboxylic acids is 1. The third-order valence-corrected chi connectivity index (χ3v) is 1.95. The fraction of sp³-hybridized carbons (Fsp3) is 0.300. The van der Waals surface area contributed by atoms with Gasteiger partial charge in [0.2, 0.25) is 0 Å². The summed E-state index contributed by atoms with van der Waals surface area (Å²) in [5.74, 6) is -0.412. The van der Waals surface area contributed by atoms with Crippen molar-refractivity contribution in [2.24, 2.45) is 0 Å². The molecule has 15 heavy (non-hydrogen) atoms. The van der Waals surface area contributed by atoms with Crippen LogP contribution in [0.2, 0.25) is 0 Å². The minimum atomic E-state index is -0.412. The molecule has 5 heteroatoms. The Morgan fingerprint density at radius 3 is 2.20 bits per heavy atom. The Morgan fingerprint density at radius 2 is 1.87 bits per heavy atom. The fourth-order valence-corrected chi connectivity index (χ4v) is 0.969. The van der Waals surface area contributed by atoms with E-state index in [2.05, 4.69) is 21.2 Å². The molecule has 0 saturated heterocycles. The van der Waals surface area contributed by atoms with Crippen LogP contribution in [0.4, 0.5) is 4.39 Å². The van der Waals surface area contributed by atoms with E-state index in [0.717, 1.165) is 7.11 Å². The van der Waals surface area contributed by atoms with E-state index >= 15 is 0 Å². The Morgan fingerprint density at radius 1 is 1.40 bits per heavy atom. The molecule has 0 fully saturated rings. The van der Waals surface area contributed by atoms with E-state index in [0.29, 0.717) is 11.8 Å². The van der Waals surface area contributed by atoms with Crippen molar-refractivity contribution in [1.82, 2.24) is 5.32 Å². The Bertz CT molecular complexity index is 282. The lowest BCUT2D eigenvalue weighted by molar-refractivity contribution is 0.112. The Labute approximate surface area is 97.4 Å². The first-order chi connectivity index (χ1) is 7.17. The Kier molecular flexibility index (Phi) is 12.5. The molecular weight excluding hydrogens is 265 g/mol. The Balaban J connectivity index is 0. The van der Waals surface area contributed by atoms with Gasteiger partial charge in [-0.1, -0.05) is 12.1 Å². The standard InChI is InChI=1S/C7H4BrFO.C2H7N.CH4O/c8-7-5(4-10)2-1-3-6(7)9;1-3-2;1-2/h1-4H;3H,1-2H3;2H,1H3. The van der Waals surface area contributed by atoms with Crippen LogP contribution in [0.1, 0.15) is 10.4 Å². The lowest BCUT2D eigenvalue weighted by Crippen LogP contribution is -1.89. The number of halogens is 2. The zero-order chi connectivity index (χ0) is 12.3. The highest BCUT2D eigenvalue weighted by Gasteiger charge is 2.01. The largest absolute Gasteiger partial charge is 0.400 e. The molecule has 86 valence electrons. The van der Waals surface area contributed by atoms with Gasteiger partial charge in [0, 0.05) is 12.7 Å². The van der Waals surface area contributed by atoms with Crippen molar-refractivity contribution in [3.8, 4) is 0 Å². The minimum Gasteiger partial charge on any atom is -0.400 e. The number of hydrogen-bond acceptors (Lipinski definition) is 3. The van der Waals surface area contributed by atoms with Gasteiger partial charge in [0.1, 0.15) is 5.82 Å². The number of nitrogens with one attached hydrogen (secondary N) is 1. The third kappa shape index (κ3) is 7.18. The fourth-order valence-electron chi connectivity index (χ4n) is 0.611. The average molecular weight is 280 g/mol. The molecule has 0 unspecified atom stereocenters. The monoisotopic (exact) mass is 279 g/mol. The molecule has 3 nitrogen and oxygen atoms in total. The smallest absolute Gasteiger partial charge is 0.151 e. The molecule has 1 aromatic carbocycles. The molecule has 0 spiro atoms. The van der Waals surface area contributed by atoms with Gasteiger partial charge < -0.3 is 10.4 Å². The van der Waals surface area contributed by atoms with Gasteiger partial charge in [-0.2, -0.15) is 0 Å². The number of aliphatic hydroxyl groups is 1. The van der Waals surface area contributed by atoms with E-state index in [1.54, 1.807) is 6.07 Å². The number of benzene rings is 1. The highest BCUT2D eigenvalue weighted by molar-refractivity contribution is 9.10. The predicted octanol–water partition coefficient (Wildman–Crippen LogP) is 1.84. The van der Waals surface area contributed by atoms with Crippen molar-refractivity contribution >= 4 is 22.2 Å². The van der Waals surface area contributed by atoms with Crippen LogP contribution in [-0.2, 0) is 0 Å². The van der Waals surface area contributed by atoms with Crippen molar-refractivity contribution in [2.75, 3.05) is 21.2 Å². The Hall–Kier alpha value is -0.780. The molecule has 1 aromatic rings. The molecule has 0 bridgehead atoms. The van der Waals surface area contributed by atoms with E-state index in [-0.39, 0.29) is 4.47 Å². The highest BCUT2D eigenvalue weighted by atomic mass is 79.9. The molecule has 1 rings (SSSR count). The summed E-state index contributed by atoms with van der Waals surface area (Å²) >= 11 is 2.93. The number of hydrogen-bond donors (Lipinski definition) is 2. The van der Waals surface area contributed by atoms with Crippen LogP contribution >= 0.6 is 15.9 Å². The van der Waals surface area contributed by atoms with E-state index in [4.69, 9.17) is 5.11 Å². The van der Waals surface area contributed by atoms with E-state index in [9.17, 15) is 9.18 Å². The summed E-state index contributed by atoms with van der Waals surface area (Å²) < 4.78 is 12.8. The molecule has 0 aromatic heterocycles. The molecule has 0 atom stereocenters. The summed E-state index contributed by atoms with van der Waals surface area (Å²) in [5.41, 5.74) is 0.333. The van der Waals surface area contributed by atoms with Crippen molar-refractivity contribution < 1.29 is 14.3 Å². The molecular formula is C10H15BrFNO2. The molecule has 0 aliphatic heterocycles. The topological polar surface area (TPSA) is 49.3 Å². The molecule has 0 aliphatic carbocycles. The number of aldehydes is 1. The normalized spacial score (nSPS) is 7.87. The predicted molar refractivity (Wildman–Crippen MR) is 62.6 cm³/mol. The van der Waals surface area contributed by atoms with Crippen LogP contribution < -0.4 is 5.32 Å². The van der Waals surface area contributed by atoms with Gasteiger partial charge in [0.15, 0.2) is 6.29 Å². The van der Waals surface area contributed by atoms with E-state index in [1.807, 2.05) is 14.1 Å². The van der Waals surface area contributed by atoms with Crippen molar-refractivity contribution in [1.29, 1.82) is 0 Å². The lowest BCUT2D eigenvalue weighted by atomic mass is 10.2. The summed E-state index contributed by atoms with van der Waals surface area (Å²) in [7, 11) is 4.75. The van der Waals surface area contributed by atoms with Gasteiger partial charge >= 0.3 is 0 Å². The molecule has 0 radical (unpaired) electrons. The van der Waals surface area contributed by atoms with Gasteiger partial charge in [-0.3, -0.25) is 4.79 Å². The van der Waals surface area contributed by atoms with Crippen LogP contribution in [0.3, 0.4) is 0 Å². The summed E-state index contributed by atoms with van der Waals surface area (Å²) in [5, 5.41) is 9.75. The summed E-state index contributed by atoms with van der Waals surface area (Å²) in [4.78, 5) is 10.2. The van der Waals surface area contributed by atoms with Crippen LogP contribution in [0.25, 0.3) is 0 Å². The molecule has 2 N–H and O–H groups in total. The van der Waals surface area contributed by atoms with Gasteiger partial charge in [0.25, 0.3) is 0 Å². The maximum absolute atomic E-state index is 12.6. The quantitative estimate of drug-likeness (QED) is 0.772. The van der Waals surface area contributed by atoms with Crippen LogP contribution in [0.5, 0.6) is 0 Å². The second-order valence-corrected chi connectivity index (χ2v) is 3.05. The summed E-state index contributed by atoms with van der Waals surface area (Å²) in [6, 6.07) is 4.32. The molecule has 0 saturated carbocycles. The minimum absolute atomic E-state index is 0.227. The van der Waals surface area contributed by atoms with Crippen LogP contribution in [0, 0.1) is 5.82 Å². The first-order valence-electron chi connectivity index (χ1n) is 4.09. The first kappa shape index (κ1) is 16.6. The lowest BCUT2D eigenvalue weighted by Gasteiger charge is -1.94. The van der Waals surface area contributed by atoms with Crippen LogP contribution in [-0.4, -0.2) is 32.6 Å². The molecule has 0 heterocycles. The zero-order valence-electron chi connectivity index (χ0n) is 8.92. The highest BCUT2D eigenvalue weighted by Crippen LogP contribution is 2.18. The average Bonchev–Trinajstić information content (AvgIpc) is 2.26. The first-order valence-corrected chi connectivity index (χ1v) is 4.89. The van der Waals surface area contributed by atoms with Gasteiger partial charge in [-0.25, -0.2) is 4.39 Å². The maximum atomic E-state index is 12.6.